The minimum atomic E-state index is -3.47. The summed E-state index contributed by atoms with van der Waals surface area (Å²) in [5.41, 5.74) is 0. The Hall–Kier alpha value is -1.43. The normalized spacial score (nSPS) is 21.7. The van der Waals surface area contributed by atoms with Gasteiger partial charge in [-0.2, -0.15) is 4.31 Å². The summed E-state index contributed by atoms with van der Waals surface area (Å²) in [6.45, 7) is 2.59. The number of fused-ring (bicyclic) bond motifs is 1. The van der Waals surface area contributed by atoms with E-state index in [2.05, 4.69) is 0 Å². The summed E-state index contributed by atoms with van der Waals surface area (Å²) in [6.07, 6.45) is 0.242. The van der Waals surface area contributed by atoms with Crippen molar-refractivity contribution in [3.05, 3.63) is 42.5 Å². The van der Waals surface area contributed by atoms with Gasteiger partial charge in [0, 0.05) is 13.1 Å². The van der Waals surface area contributed by atoms with Crippen molar-refractivity contribution in [2.45, 2.75) is 24.3 Å². The molecule has 1 aliphatic heterocycles. The summed E-state index contributed by atoms with van der Waals surface area (Å²) in [5.74, 6) is 0.0280. The van der Waals surface area contributed by atoms with E-state index in [4.69, 9.17) is 0 Å². The van der Waals surface area contributed by atoms with E-state index >= 15 is 0 Å². The molecule has 0 radical (unpaired) electrons. The Morgan fingerprint density at radius 3 is 2.57 bits per heavy atom. The molecule has 2 aromatic rings. The number of aliphatic hydroxyl groups is 1. The van der Waals surface area contributed by atoms with Gasteiger partial charge in [-0.1, -0.05) is 30.3 Å². The summed E-state index contributed by atoms with van der Waals surface area (Å²) in [5, 5.41) is 11.6. The van der Waals surface area contributed by atoms with Gasteiger partial charge < -0.3 is 5.11 Å². The summed E-state index contributed by atoms with van der Waals surface area (Å²) >= 11 is 0. The van der Waals surface area contributed by atoms with Gasteiger partial charge in [0.15, 0.2) is 0 Å². The van der Waals surface area contributed by atoms with Crippen LogP contribution in [-0.4, -0.2) is 37.0 Å². The Labute approximate surface area is 125 Å². The first kappa shape index (κ1) is 14.5. The molecule has 2 aromatic carbocycles. The molecule has 3 rings (SSSR count). The molecule has 2 atom stereocenters. The zero-order valence-electron chi connectivity index (χ0n) is 11.9. The fourth-order valence-electron chi connectivity index (χ4n) is 2.84. The third-order valence-electron chi connectivity index (χ3n) is 4.23. The van der Waals surface area contributed by atoms with Crippen LogP contribution in [0.2, 0.25) is 0 Å². The zero-order chi connectivity index (χ0) is 15.0. The molecule has 0 spiro atoms. The molecule has 0 aliphatic carbocycles. The van der Waals surface area contributed by atoms with Gasteiger partial charge in [-0.25, -0.2) is 8.42 Å². The van der Waals surface area contributed by atoms with Crippen molar-refractivity contribution >= 4 is 20.8 Å². The molecule has 1 aliphatic rings. The van der Waals surface area contributed by atoms with E-state index in [1.807, 2.05) is 30.3 Å². The van der Waals surface area contributed by atoms with E-state index < -0.39 is 16.1 Å². The highest BCUT2D eigenvalue weighted by atomic mass is 32.2. The smallest absolute Gasteiger partial charge is 0.243 e. The van der Waals surface area contributed by atoms with E-state index in [0.717, 1.165) is 10.8 Å². The Morgan fingerprint density at radius 1 is 1.19 bits per heavy atom. The van der Waals surface area contributed by atoms with Gasteiger partial charge in [0.1, 0.15) is 0 Å². The average molecular weight is 305 g/mol. The highest BCUT2D eigenvalue weighted by Crippen LogP contribution is 2.27. The van der Waals surface area contributed by atoms with Crippen LogP contribution >= 0.6 is 0 Å². The number of hydrogen-bond acceptors (Lipinski definition) is 3. The molecule has 4 nitrogen and oxygen atoms in total. The summed E-state index contributed by atoms with van der Waals surface area (Å²) in [6, 6.07) is 12.9. The third kappa shape index (κ3) is 2.69. The Kier molecular flexibility index (Phi) is 3.73. The van der Waals surface area contributed by atoms with E-state index in [9.17, 15) is 13.5 Å². The summed E-state index contributed by atoms with van der Waals surface area (Å²) in [7, 11) is -3.47. The first-order chi connectivity index (χ1) is 9.98. The topological polar surface area (TPSA) is 57.6 Å². The molecule has 21 heavy (non-hydrogen) atoms. The number of nitrogens with zero attached hydrogens (tertiary/aromatic N) is 1. The molecule has 2 unspecified atom stereocenters. The van der Waals surface area contributed by atoms with Crippen LogP contribution in [0, 0.1) is 5.92 Å². The SMILES string of the molecule is CC(O)C1CCN(S(=O)(=O)c2ccc3ccccc3c2)C1. The maximum Gasteiger partial charge on any atom is 0.243 e. The average Bonchev–Trinajstić information content (AvgIpc) is 2.97. The van der Waals surface area contributed by atoms with Crippen LogP contribution in [0.15, 0.2) is 47.4 Å². The maximum absolute atomic E-state index is 12.7. The molecule has 1 heterocycles. The molecular formula is C16H19NO3S. The van der Waals surface area contributed by atoms with Crippen LogP contribution in [0.25, 0.3) is 10.8 Å². The number of benzene rings is 2. The largest absolute Gasteiger partial charge is 0.393 e. The number of aliphatic hydroxyl groups excluding tert-OH is 1. The molecule has 0 saturated carbocycles. The minimum absolute atomic E-state index is 0.0280. The van der Waals surface area contributed by atoms with Crippen molar-refractivity contribution in [2.24, 2.45) is 5.92 Å². The number of hydrogen-bond donors (Lipinski definition) is 1. The monoisotopic (exact) mass is 305 g/mol. The van der Waals surface area contributed by atoms with Gasteiger partial charge in [0.05, 0.1) is 11.0 Å². The van der Waals surface area contributed by atoms with Crippen LogP contribution < -0.4 is 0 Å². The molecule has 112 valence electrons. The van der Waals surface area contributed by atoms with E-state index in [0.29, 0.717) is 24.4 Å². The van der Waals surface area contributed by atoms with Crippen molar-refractivity contribution in [1.29, 1.82) is 0 Å². The lowest BCUT2D eigenvalue weighted by molar-refractivity contribution is 0.133. The first-order valence-electron chi connectivity index (χ1n) is 7.15. The highest BCUT2D eigenvalue weighted by molar-refractivity contribution is 7.89. The predicted molar refractivity (Wildman–Crippen MR) is 82.5 cm³/mol. The Morgan fingerprint density at radius 2 is 1.90 bits per heavy atom. The summed E-state index contributed by atoms with van der Waals surface area (Å²) < 4.78 is 26.9. The number of sulfonamides is 1. The van der Waals surface area contributed by atoms with Gasteiger partial charge in [-0.05, 0) is 42.2 Å². The van der Waals surface area contributed by atoms with E-state index in [1.54, 1.807) is 19.1 Å². The molecule has 0 amide bonds. The third-order valence-corrected chi connectivity index (χ3v) is 6.09. The van der Waals surface area contributed by atoms with Gasteiger partial charge >= 0.3 is 0 Å². The fourth-order valence-corrected chi connectivity index (χ4v) is 4.39. The lowest BCUT2D eigenvalue weighted by atomic mass is 10.0. The second-order valence-electron chi connectivity index (χ2n) is 5.66. The second kappa shape index (κ2) is 5.40. The van der Waals surface area contributed by atoms with Crippen LogP contribution in [0.5, 0.6) is 0 Å². The minimum Gasteiger partial charge on any atom is -0.393 e. The fraction of sp³-hybridized carbons (Fsp3) is 0.375. The second-order valence-corrected chi connectivity index (χ2v) is 7.60. The standard InChI is InChI=1S/C16H19NO3S/c1-12(18)15-8-9-17(11-15)21(19,20)16-7-6-13-4-2-3-5-14(13)10-16/h2-7,10,12,15,18H,8-9,11H2,1H3. The lowest BCUT2D eigenvalue weighted by Crippen LogP contribution is -2.30. The van der Waals surface area contributed by atoms with Crippen molar-refractivity contribution in [2.75, 3.05) is 13.1 Å². The van der Waals surface area contributed by atoms with Crippen LogP contribution in [-0.2, 0) is 10.0 Å². The van der Waals surface area contributed by atoms with Gasteiger partial charge in [-0.3, -0.25) is 0 Å². The molecule has 0 aromatic heterocycles. The summed E-state index contributed by atoms with van der Waals surface area (Å²) in [4.78, 5) is 0.326. The van der Waals surface area contributed by atoms with Crippen LogP contribution in [0.3, 0.4) is 0 Å². The molecule has 1 saturated heterocycles. The molecule has 1 N–H and O–H groups in total. The van der Waals surface area contributed by atoms with Crippen LogP contribution in [0.1, 0.15) is 13.3 Å². The van der Waals surface area contributed by atoms with Crippen LogP contribution in [0.4, 0.5) is 0 Å². The highest BCUT2D eigenvalue weighted by Gasteiger charge is 2.34. The molecular weight excluding hydrogens is 286 g/mol. The van der Waals surface area contributed by atoms with Crippen molar-refractivity contribution in [1.82, 2.24) is 4.31 Å². The Bertz CT molecular complexity index is 755. The first-order valence-corrected chi connectivity index (χ1v) is 8.59. The van der Waals surface area contributed by atoms with Gasteiger partial charge in [-0.15, -0.1) is 0 Å². The maximum atomic E-state index is 12.7. The van der Waals surface area contributed by atoms with Gasteiger partial charge in [0.25, 0.3) is 0 Å². The van der Waals surface area contributed by atoms with E-state index in [1.165, 1.54) is 4.31 Å². The van der Waals surface area contributed by atoms with Crippen molar-refractivity contribution < 1.29 is 13.5 Å². The Balaban J connectivity index is 1.93. The molecule has 5 heteroatoms. The molecule has 1 fully saturated rings. The zero-order valence-corrected chi connectivity index (χ0v) is 12.8. The van der Waals surface area contributed by atoms with E-state index in [-0.39, 0.29) is 5.92 Å². The van der Waals surface area contributed by atoms with Crippen molar-refractivity contribution in [3.8, 4) is 0 Å². The van der Waals surface area contributed by atoms with Gasteiger partial charge in [0.2, 0.25) is 10.0 Å². The lowest BCUT2D eigenvalue weighted by Gasteiger charge is -2.18. The number of rotatable bonds is 3. The van der Waals surface area contributed by atoms with Crippen molar-refractivity contribution in [3.63, 3.8) is 0 Å². The quantitative estimate of drug-likeness (QED) is 0.946. The predicted octanol–water partition coefficient (Wildman–Crippen LogP) is 2.23. The molecule has 0 bridgehead atoms.